The third kappa shape index (κ3) is 2.65. The molecule has 1 aliphatic heterocycles. The van der Waals surface area contributed by atoms with Gasteiger partial charge < -0.3 is 0 Å². The highest BCUT2D eigenvalue weighted by Crippen LogP contribution is 2.25. The number of aromatic nitrogens is 1. The van der Waals surface area contributed by atoms with Gasteiger partial charge >= 0.3 is 0 Å². The van der Waals surface area contributed by atoms with Gasteiger partial charge in [0.05, 0.1) is 22.5 Å². The summed E-state index contributed by atoms with van der Waals surface area (Å²) in [6.07, 6.45) is 1.56. The average Bonchev–Trinajstić information content (AvgIpc) is 2.59. The topological polar surface area (TPSA) is 79.4 Å². The molecule has 0 unspecified atom stereocenters. The number of hydrazine groups is 1. The molecule has 4 rings (SSSR count). The first kappa shape index (κ1) is 15.7. The van der Waals surface area contributed by atoms with Crippen LogP contribution < -0.4 is 4.83 Å². The summed E-state index contributed by atoms with van der Waals surface area (Å²) in [6, 6.07) is 11.9. The minimum atomic E-state index is -3.87. The van der Waals surface area contributed by atoms with Gasteiger partial charge in [0.15, 0.2) is 0 Å². The van der Waals surface area contributed by atoms with Gasteiger partial charge in [0.25, 0.3) is 15.9 Å². The van der Waals surface area contributed by atoms with E-state index in [4.69, 9.17) is 0 Å². The summed E-state index contributed by atoms with van der Waals surface area (Å²) >= 11 is 0. The van der Waals surface area contributed by atoms with Crippen molar-refractivity contribution in [1.82, 2.24) is 14.8 Å². The summed E-state index contributed by atoms with van der Waals surface area (Å²) in [5.74, 6) is -0.984. The van der Waals surface area contributed by atoms with Crippen LogP contribution in [0.5, 0.6) is 0 Å². The van der Waals surface area contributed by atoms with Gasteiger partial charge in [-0.3, -0.25) is 14.8 Å². The van der Waals surface area contributed by atoms with Gasteiger partial charge in [-0.25, -0.2) is 12.8 Å². The van der Waals surface area contributed by atoms with E-state index in [1.165, 1.54) is 24.3 Å². The second kappa shape index (κ2) is 5.61. The standard InChI is InChI=1S/C17H12FN3O3S/c18-13-8-11-4-3-7-19-16(11)12(9-13)10-21-17(22)14-5-1-2-6-15(14)25(23,24)20-21/h1-9,20H,10H2. The zero-order chi connectivity index (χ0) is 17.6. The van der Waals surface area contributed by atoms with E-state index in [0.29, 0.717) is 16.5 Å². The third-order valence-electron chi connectivity index (χ3n) is 3.96. The molecule has 1 amide bonds. The first-order valence-corrected chi connectivity index (χ1v) is 8.90. The van der Waals surface area contributed by atoms with Gasteiger partial charge in [-0.05, 0) is 30.3 Å². The van der Waals surface area contributed by atoms with E-state index in [9.17, 15) is 17.6 Å². The number of amides is 1. The zero-order valence-corrected chi connectivity index (χ0v) is 13.6. The smallest absolute Gasteiger partial charge is 0.268 e. The van der Waals surface area contributed by atoms with Crippen molar-refractivity contribution in [3.8, 4) is 0 Å². The molecule has 0 saturated carbocycles. The van der Waals surface area contributed by atoms with Crippen molar-refractivity contribution in [2.45, 2.75) is 11.4 Å². The number of nitrogens with zero attached hydrogens (tertiary/aromatic N) is 2. The molecule has 0 atom stereocenters. The van der Waals surface area contributed by atoms with E-state index in [1.54, 1.807) is 30.5 Å². The van der Waals surface area contributed by atoms with E-state index in [2.05, 4.69) is 9.82 Å². The third-order valence-corrected chi connectivity index (χ3v) is 5.36. The van der Waals surface area contributed by atoms with E-state index >= 15 is 0 Å². The molecule has 0 radical (unpaired) electrons. The van der Waals surface area contributed by atoms with Gasteiger partial charge in [0, 0.05) is 17.1 Å². The molecule has 0 spiro atoms. The Kier molecular flexibility index (Phi) is 3.52. The number of benzene rings is 2. The molecular weight excluding hydrogens is 345 g/mol. The van der Waals surface area contributed by atoms with Crippen LogP contribution in [-0.2, 0) is 16.6 Å². The second-order valence-electron chi connectivity index (χ2n) is 5.62. The minimum absolute atomic E-state index is 0.0709. The van der Waals surface area contributed by atoms with Crippen molar-refractivity contribution in [3.63, 3.8) is 0 Å². The number of nitrogens with one attached hydrogen (secondary N) is 1. The van der Waals surface area contributed by atoms with Crippen molar-refractivity contribution in [1.29, 1.82) is 0 Å². The number of sulfonamides is 1. The molecule has 2 heterocycles. The van der Waals surface area contributed by atoms with Gasteiger partial charge in [0.1, 0.15) is 5.82 Å². The highest BCUT2D eigenvalue weighted by Gasteiger charge is 2.34. The number of hydrogen-bond acceptors (Lipinski definition) is 4. The highest BCUT2D eigenvalue weighted by atomic mass is 32.2. The van der Waals surface area contributed by atoms with Crippen molar-refractivity contribution < 1.29 is 17.6 Å². The van der Waals surface area contributed by atoms with Crippen LogP contribution in [0, 0.1) is 5.82 Å². The van der Waals surface area contributed by atoms with Crippen LogP contribution in [0.1, 0.15) is 15.9 Å². The Hall–Kier alpha value is -2.84. The number of hydrogen-bond donors (Lipinski definition) is 1. The lowest BCUT2D eigenvalue weighted by Gasteiger charge is -2.29. The maximum absolute atomic E-state index is 13.9. The maximum Gasteiger partial charge on any atom is 0.270 e. The summed E-state index contributed by atoms with van der Waals surface area (Å²) in [6.45, 7) is -0.141. The van der Waals surface area contributed by atoms with Gasteiger partial charge in [-0.1, -0.05) is 18.2 Å². The molecule has 25 heavy (non-hydrogen) atoms. The second-order valence-corrected chi connectivity index (χ2v) is 7.25. The molecule has 3 aromatic rings. The molecule has 0 bridgehead atoms. The summed E-state index contributed by atoms with van der Waals surface area (Å²) in [5.41, 5.74) is 0.996. The Morgan fingerprint density at radius 3 is 2.76 bits per heavy atom. The molecule has 8 heteroatoms. The number of carbonyl (C=O) groups excluding carboxylic acids is 1. The van der Waals surface area contributed by atoms with Crippen LogP contribution >= 0.6 is 0 Å². The molecule has 1 aromatic heterocycles. The molecular formula is C17H12FN3O3S. The number of halogens is 1. The zero-order valence-electron chi connectivity index (χ0n) is 12.8. The van der Waals surface area contributed by atoms with Crippen LogP contribution in [0.4, 0.5) is 4.39 Å². The molecule has 0 fully saturated rings. The molecule has 2 aromatic carbocycles. The average molecular weight is 357 g/mol. The van der Waals surface area contributed by atoms with Crippen LogP contribution in [-0.4, -0.2) is 24.3 Å². The Morgan fingerprint density at radius 1 is 1.12 bits per heavy atom. The summed E-state index contributed by atoms with van der Waals surface area (Å²) in [4.78, 5) is 19.0. The van der Waals surface area contributed by atoms with Crippen molar-refractivity contribution in [2.24, 2.45) is 0 Å². The van der Waals surface area contributed by atoms with Crippen LogP contribution in [0.2, 0.25) is 0 Å². The fraction of sp³-hybridized carbons (Fsp3) is 0.0588. The monoisotopic (exact) mass is 357 g/mol. The maximum atomic E-state index is 13.9. The summed E-state index contributed by atoms with van der Waals surface area (Å²) in [5, 5.41) is 1.53. The summed E-state index contributed by atoms with van der Waals surface area (Å²) in [7, 11) is -3.87. The normalized spacial score (nSPS) is 16.0. The summed E-state index contributed by atoms with van der Waals surface area (Å²) < 4.78 is 38.6. The fourth-order valence-electron chi connectivity index (χ4n) is 2.88. The van der Waals surface area contributed by atoms with Crippen molar-refractivity contribution in [2.75, 3.05) is 0 Å². The quantitative estimate of drug-likeness (QED) is 0.763. The SMILES string of the molecule is O=C1c2ccccc2S(=O)(=O)NN1Cc1cc(F)cc2cccnc12. The number of rotatable bonds is 2. The molecule has 1 aliphatic rings. The Bertz CT molecular complexity index is 1120. The van der Waals surface area contributed by atoms with Crippen LogP contribution in [0.3, 0.4) is 0 Å². The Labute approximate surface area is 142 Å². The first-order chi connectivity index (χ1) is 12.0. The van der Waals surface area contributed by atoms with Gasteiger partial charge in [0.2, 0.25) is 0 Å². The minimum Gasteiger partial charge on any atom is -0.268 e. The van der Waals surface area contributed by atoms with Crippen LogP contribution in [0.25, 0.3) is 10.9 Å². The van der Waals surface area contributed by atoms with Crippen molar-refractivity contribution >= 4 is 26.8 Å². The van der Waals surface area contributed by atoms with E-state index < -0.39 is 21.7 Å². The Balaban J connectivity index is 1.79. The van der Waals surface area contributed by atoms with E-state index in [-0.39, 0.29) is 17.0 Å². The van der Waals surface area contributed by atoms with Crippen LogP contribution in [0.15, 0.2) is 59.6 Å². The fourth-order valence-corrected chi connectivity index (χ4v) is 4.12. The van der Waals surface area contributed by atoms with Crippen molar-refractivity contribution in [3.05, 3.63) is 71.7 Å². The number of carbonyl (C=O) groups is 1. The number of pyridine rings is 1. The largest absolute Gasteiger partial charge is 0.270 e. The predicted octanol–water partition coefficient (Wildman–Crippen LogP) is 2.22. The molecule has 126 valence electrons. The Morgan fingerprint density at radius 2 is 1.92 bits per heavy atom. The highest BCUT2D eigenvalue weighted by molar-refractivity contribution is 7.89. The van der Waals surface area contributed by atoms with Gasteiger partial charge in [-0.2, -0.15) is 0 Å². The lowest BCUT2D eigenvalue weighted by molar-refractivity contribution is 0.0688. The lowest BCUT2D eigenvalue weighted by Crippen LogP contribution is -2.49. The first-order valence-electron chi connectivity index (χ1n) is 7.42. The van der Waals surface area contributed by atoms with Gasteiger partial charge in [-0.15, -0.1) is 4.83 Å². The molecule has 0 saturated heterocycles. The predicted molar refractivity (Wildman–Crippen MR) is 88.3 cm³/mol. The lowest BCUT2D eigenvalue weighted by atomic mass is 10.1. The van der Waals surface area contributed by atoms with E-state index in [1.807, 2.05) is 0 Å². The molecule has 0 aliphatic carbocycles. The van der Waals surface area contributed by atoms with E-state index in [0.717, 1.165) is 5.01 Å². The number of fused-ring (bicyclic) bond motifs is 2. The molecule has 6 nitrogen and oxygen atoms in total. The molecule has 1 N–H and O–H groups in total.